The van der Waals surface area contributed by atoms with Gasteiger partial charge in [0.25, 0.3) is 5.91 Å². The summed E-state index contributed by atoms with van der Waals surface area (Å²) >= 11 is 0. The topological polar surface area (TPSA) is 89.7 Å². The van der Waals surface area contributed by atoms with Gasteiger partial charge in [-0.15, -0.1) is 0 Å². The standard InChI is InChI=1S/C17H22N4O4/c1-12(2)24-10-13-3-4-14(25-13)17(22)20-15-9-16(19-11-18-15)21-5-7-23-8-6-21/h3-4,9,11-12H,5-8,10H2,1-2H3,(H,18,19,20,22). The lowest BCUT2D eigenvalue weighted by molar-refractivity contribution is 0.0537. The Bertz CT molecular complexity index is 710. The van der Waals surface area contributed by atoms with E-state index in [9.17, 15) is 4.79 Å². The molecular formula is C17H22N4O4. The summed E-state index contributed by atoms with van der Waals surface area (Å²) in [6.45, 7) is 7.08. The number of hydrogen-bond acceptors (Lipinski definition) is 7. The Labute approximate surface area is 146 Å². The molecular weight excluding hydrogens is 324 g/mol. The van der Waals surface area contributed by atoms with Crippen LogP contribution >= 0.6 is 0 Å². The first-order chi connectivity index (χ1) is 12.1. The van der Waals surface area contributed by atoms with Gasteiger partial charge in [0.2, 0.25) is 0 Å². The molecule has 0 unspecified atom stereocenters. The summed E-state index contributed by atoms with van der Waals surface area (Å²) in [5.41, 5.74) is 0. The number of aromatic nitrogens is 2. The molecule has 0 bridgehead atoms. The average Bonchev–Trinajstić information content (AvgIpc) is 3.10. The van der Waals surface area contributed by atoms with Crippen molar-refractivity contribution in [1.29, 1.82) is 0 Å². The number of amides is 1. The molecule has 1 saturated heterocycles. The third-order valence-electron chi connectivity index (χ3n) is 3.67. The molecule has 25 heavy (non-hydrogen) atoms. The number of rotatable bonds is 6. The maximum absolute atomic E-state index is 12.3. The van der Waals surface area contributed by atoms with Gasteiger partial charge in [-0.25, -0.2) is 9.97 Å². The van der Waals surface area contributed by atoms with Crippen molar-refractivity contribution in [2.45, 2.75) is 26.6 Å². The lowest BCUT2D eigenvalue weighted by atomic mass is 10.3. The highest BCUT2D eigenvalue weighted by atomic mass is 16.5. The molecule has 0 radical (unpaired) electrons. The van der Waals surface area contributed by atoms with Crippen LogP contribution in [0, 0.1) is 0 Å². The monoisotopic (exact) mass is 346 g/mol. The van der Waals surface area contributed by atoms with Crippen LogP contribution in [-0.2, 0) is 16.1 Å². The first kappa shape index (κ1) is 17.4. The molecule has 1 fully saturated rings. The van der Waals surface area contributed by atoms with Crippen LogP contribution in [0.25, 0.3) is 0 Å². The number of ether oxygens (including phenoxy) is 2. The van der Waals surface area contributed by atoms with E-state index >= 15 is 0 Å². The summed E-state index contributed by atoms with van der Waals surface area (Å²) < 4.78 is 16.3. The Kier molecular flexibility index (Phi) is 5.62. The normalized spacial score (nSPS) is 14.8. The second-order valence-corrected chi connectivity index (χ2v) is 5.94. The summed E-state index contributed by atoms with van der Waals surface area (Å²) in [6.07, 6.45) is 1.53. The quantitative estimate of drug-likeness (QED) is 0.856. The van der Waals surface area contributed by atoms with Crippen molar-refractivity contribution in [2.75, 3.05) is 36.5 Å². The minimum absolute atomic E-state index is 0.0991. The van der Waals surface area contributed by atoms with Crippen LogP contribution in [0.3, 0.4) is 0 Å². The molecule has 3 rings (SSSR count). The molecule has 1 N–H and O–H groups in total. The van der Waals surface area contributed by atoms with Gasteiger partial charge >= 0.3 is 0 Å². The first-order valence-electron chi connectivity index (χ1n) is 8.28. The number of furan rings is 1. The predicted octanol–water partition coefficient (Wildman–Crippen LogP) is 2.08. The average molecular weight is 346 g/mol. The zero-order valence-electron chi connectivity index (χ0n) is 14.4. The van der Waals surface area contributed by atoms with Crippen LogP contribution in [0.4, 0.5) is 11.6 Å². The van der Waals surface area contributed by atoms with Gasteiger partial charge in [0.15, 0.2) is 5.76 Å². The highest BCUT2D eigenvalue weighted by Gasteiger charge is 2.16. The molecule has 0 spiro atoms. The van der Waals surface area contributed by atoms with Crippen molar-refractivity contribution in [3.05, 3.63) is 36.0 Å². The van der Waals surface area contributed by atoms with E-state index in [0.29, 0.717) is 31.4 Å². The second-order valence-electron chi connectivity index (χ2n) is 5.94. The number of nitrogens with one attached hydrogen (secondary N) is 1. The van der Waals surface area contributed by atoms with Crippen LogP contribution in [0.15, 0.2) is 28.9 Å². The van der Waals surface area contributed by atoms with Gasteiger partial charge in [0.1, 0.15) is 30.3 Å². The fourth-order valence-corrected chi connectivity index (χ4v) is 2.39. The number of carbonyl (C=O) groups excluding carboxylic acids is 1. The lowest BCUT2D eigenvalue weighted by Gasteiger charge is -2.27. The van der Waals surface area contributed by atoms with Crippen LogP contribution in [0.5, 0.6) is 0 Å². The Morgan fingerprint density at radius 3 is 2.88 bits per heavy atom. The molecule has 1 aliphatic heterocycles. The Morgan fingerprint density at radius 2 is 2.12 bits per heavy atom. The largest absolute Gasteiger partial charge is 0.453 e. The van der Waals surface area contributed by atoms with Crippen molar-refractivity contribution in [1.82, 2.24) is 9.97 Å². The molecule has 0 aromatic carbocycles. The predicted molar refractivity (Wildman–Crippen MR) is 91.7 cm³/mol. The Morgan fingerprint density at radius 1 is 1.32 bits per heavy atom. The number of hydrogen-bond donors (Lipinski definition) is 1. The molecule has 134 valence electrons. The van der Waals surface area contributed by atoms with E-state index in [2.05, 4.69) is 20.2 Å². The third kappa shape index (κ3) is 4.77. The molecule has 1 aliphatic rings. The Hall–Kier alpha value is -2.45. The zero-order valence-corrected chi connectivity index (χ0v) is 14.4. The van der Waals surface area contributed by atoms with Gasteiger partial charge in [-0.3, -0.25) is 4.79 Å². The maximum Gasteiger partial charge on any atom is 0.292 e. The Balaban J connectivity index is 1.62. The molecule has 3 heterocycles. The molecule has 2 aromatic heterocycles. The van der Waals surface area contributed by atoms with Gasteiger partial charge < -0.3 is 24.1 Å². The van der Waals surface area contributed by atoms with Crippen molar-refractivity contribution in [2.24, 2.45) is 0 Å². The van der Waals surface area contributed by atoms with Crippen LogP contribution in [-0.4, -0.2) is 48.3 Å². The van der Waals surface area contributed by atoms with E-state index in [4.69, 9.17) is 13.9 Å². The van der Waals surface area contributed by atoms with Crippen LogP contribution in [0.1, 0.15) is 30.2 Å². The highest BCUT2D eigenvalue weighted by Crippen LogP contribution is 2.17. The van der Waals surface area contributed by atoms with E-state index < -0.39 is 0 Å². The molecule has 0 saturated carbocycles. The molecule has 1 amide bonds. The summed E-state index contributed by atoms with van der Waals surface area (Å²) in [5.74, 6) is 1.66. The van der Waals surface area contributed by atoms with Crippen molar-refractivity contribution < 1.29 is 18.7 Å². The summed E-state index contributed by atoms with van der Waals surface area (Å²) in [7, 11) is 0. The first-order valence-corrected chi connectivity index (χ1v) is 8.28. The number of nitrogens with zero attached hydrogens (tertiary/aromatic N) is 3. The number of anilines is 2. The highest BCUT2D eigenvalue weighted by molar-refractivity contribution is 6.01. The number of morpholine rings is 1. The van der Waals surface area contributed by atoms with Gasteiger partial charge in [-0.05, 0) is 26.0 Å². The molecule has 8 nitrogen and oxygen atoms in total. The van der Waals surface area contributed by atoms with Crippen molar-refractivity contribution >= 4 is 17.5 Å². The minimum Gasteiger partial charge on any atom is -0.453 e. The lowest BCUT2D eigenvalue weighted by Crippen LogP contribution is -2.36. The van der Waals surface area contributed by atoms with Gasteiger partial charge in [-0.2, -0.15) is 0 Å². The summed E-state index contributed by atoms with van der Waals surface area (Å²) in [4.78, 5) is 22.8. The summed E-state index contributed by atoms with van der Waals surface area (Å²) in [6, 6.07) is 5.10. The minimum atomic E-state index is -0.359. The van der Waals surface area contributed by atoms with Gasteiger partial charge in [0.05, 0.1) is 19.3 Å². The smallest absolute Gasteiger partial charge is 0.292 e. The third-order valence-corrected chi connectivity index (χ3v) is 3.67. The molecule has 2 aromatic rings. The fraction of sp³-hybridized carbons (Fsp3) is 0.471. The summed E-state index contributed by atoms with van der Waals surface area (Å²) in [5, 5.41) is 2.73. The zero-order chi connectivity index (χ0) is 17.6. The molecule has 0 aliphatic carbocycles. The van der Waals surface area contributed by atoms with E-state index in [1.165, 1.54) is 6.33 Å². The fourth-order valence-electron chi connectivity index (χ4n) is 2.39. The SMILES string of the molecule is CC(C)OCc1ccc(C(=O)Nc2cc(N3CCOCC3)ncn2)o1. The van der Waals surface area contributed by atoms with Crippen LogP contribution < -0.4 is 10.2 Å². The molecule has 0 atom stereocenters. The van der Waals surface area contributed by atoms with E-state index in [-0.39, 0.29) is 17.8 Å². The van der Waals surface area contributed by atoms with Crippen molar-refractivity contribution in [3.8, 4) is 0 Å². The number of carbonyl (C=O) groups is 1. The van der Waals surface area contributed by atoms with E-state index in [1.807, 2.05) is 13.8 Å². The van der Waals surface area contributed by atoms with Crippen molar-refractivity contribution in [3.63, 3.8) is 0 Å². The maximum atomic E-state index is 12.3. The van der Waals surface area contributed by atoms with Gasteiger partial charge in [-0.1, -0.05) is 0 Å². The second kappa shape index (κ2) is 8.09. The molecule has 8 heteroatoms. The van der Waals surface area contributed by atoms with E-state index in [1.54, 1.807) is 18.2 Å². The van der Waals surface area contributed by atoms with Gasteiger partial charge in [0, 0.05) is 19.2 Å². The van der Waals surface area contributed by atoms with Crippen LogP contribution in [0.2, 0.25) is 0 Å². The van der Waals surface area contributed by atoms with E-state index in [0.717, 1.165) is 18.9 Å².